The molecule has 152 valence electrons. The Kier molecular flexibility index (Phi) is 7.15. The van der Waals surface area contributed by atoms with Crippen molar-refractivity contribution in [3.05, 3.63) is 47.0 Å². The molecule has 1 N–H and O–H groups in total. The van der Waals surface area contributed by atoms with Crippen LogP contribution in [0.25, 0.3) is 0 Å². The number of carbonyl (C=O) groups excluding carboxylic acids is 1. The monoisotopic (exact) mass is 426 g/mol. The Labute approximate surface area is 170 Å². The van der Waals surface area contributed by atoms with E-state index in [-0.39, 0.29) is 22.2 Å². The minimum Gasteiger partial charge on any atom is -0.495 e. The molecule has 0 radical (unpaired) electrons. The van der Waals surface area contributed by atoms with E-state index in [4.69, 9.17) is 21.1 Å². The average molecular weight is 427 g/mol. The second kappa shape index (κ2) is 9.16. The minimum atomic E-state index is -3.79. The molecule has 2 rings (SSSR count). The van der Waals surface area contributed by atoms with Gasteiger partial charge in [-0.15, -0.1) is 0 Å². The van der Waals surface area contributed by atoms with Crippen molar-refractivity contribution in [2.24, 2.45) is 0 Å². The van der Waals surface area contributed by atoms with Gasteiger partial charge in [-0.25, -0.2) is 8.42 Å². The van der Waals surface area contributed by atoms with Crippen LogP contribution >= 0.6 is 11.6 Å². The Hall–Kier alpha value is -2.45. The van der Waals surface area contributed by atoms with Crippen molar-refractivity contribution in [2.45, 2.75) is 13.3 Å². The summed E-state index contributed by atoms with van der Waals surface area (Å²) in [5.41, 5.74) is 1.87. The zero-order chi connectivity index (χ0) is 20.9. The van der Waals surface area contributed by atoms with Gasteiger partial charge in [0.25, 0.3) is 0 Å². The molecule has 0 aliphatic carbocycles. The third-order valence-corrected chi connectivity index (χ3v) is 5.48. The van der Waals surface area contributed by atoms with Gasteiger partial charge in [0.15, 0.2) is 0 Å². The van der Waals surface area contributed by atoms with Crippen molar-refractivity contribution >= 4 is 38.9 Å². The highest BCUT2D eigenvalue weighted by Crippen LogP contribution is 2.38. The Morgan fingerprint density at radius 2 is 1.71 bits per heavy atom. The number of carbonyl (C=O) groups is 1. The highest BCUT2D eigenvalue weighted by atomic mass is 35.5. The second-order valence-corrected chi connectivity index (χ2v) is 8.34. The molecule has 28 heavy (non-hydrogen) atoms. The number of rotatable bonds is 8. The molecule has 0 atom stereocenters. The molecular weight excluding hydrogens is 404 g/mol. The van der Waals surface area contributed by atoms with Crippen LogP contribution in [0.2, 0.25) is 5.02 Å². The molecule has 1 amide bonds. The maximum absolute atomic E-state index is 12.5. The van der Waals surface area contributed by atoms with Crippen molar-refractivity contribution in [1.82, 2.24) is 0 Å². The smallest absolute Gasteiger partial charge is 0.245 e. The maximum atomic E-state index is 12.5. The van der Waals surface area contributed by atoms with Crippen molar-refractivity contribution < 1.29 is 22.7 Å². The fourth-order valence-electron chi connectivity index (χ4n) is 2.58. The van der Waals surface area contributed by atoms with E-state index in [1.165, 1.54) is 26.4 Å². The quantitative estimate of drug-likeness (QED) is 0.699. The molecule has 2 aromatic rings. The van der Waals surface area contributed by atoms with Gasteiger partial charge in [-0.1, -0.05) is 30.7 Å². The molecule has 0 heterocycles. The number of hydrogen-bond acceptors (Lipinski definition) is 5. The number of amides is 1. The summed E-state index contributed by atoms with van der Waals surface area (Å²) >= 11 is 6.08. The van der Waals surface area contributed by atoms with Crippen LogP contribution in [0, 0.1) is 0 Å². The van der Waals surface area contributed by atoms with E-state index in [1.54, 1.807) is 12.1 Å². The minimum absolute atomic E-state index is 0.155. The Morgan fingerprint density at radius 3 is 2.21 bits per heavy atom. The molecule has 0 unspecified atom stereocenters. The van der Waals surface area contributed by atoms with E-state index in [9.17, 15) is 13.2 Å². The van der Waals surface area contributed by atoms with Gasteiger partial charge in [0.2, 0.25) is 15.9 Å². The Bertz CT molecular complexity index is 946. The van der Waals surface area contributed by atoms with Gasteiger partial charge in [-0.3, -0.25) is 9.10 Å². The first-order valence-corrected chi connectivity index (χ1v) is 10.7. The third kappa shape index (κ3) is 5.30. The highest BCUT2D eigenvalue weighted by molar-refractivity contribution is 7.92. The molecule has 0 spiro atoms. The lowest BCUT2D eigenvalue weighted by Gasteiger charge is -2.24. The summed E-state index contributed by atoms with van der Waals surface area (Å²) in [6.07, 6.45) is 1.89. The standard InChI is InChI=1S/C19H23ClN2O5S/c1-5-13-6-8-14(9-7-13)21-19(23)12-22(28(4,24)25)16-11-17(26-2)15(20)10-18(16)27-3/h6-11H,5,12H2,1-4H3,(H,21,23). The van der Waals surface area contributed by atoms with Gasteiger partial charge >= 0.3 is 0 Å². The number of halogens is 1. The van der Waals surface area contributed by atoms with Crippen LogP contribution in [0.1, 0.15) is 12.5 Å². The van der Waals surface area contributed by atoms with E-state index in [0.29, 0.717) is 5.69 Å². The van der Waals surface area contributed by atoms with Gasteiger partial charge in [-0.2, -0.15) is 0 Å². The number of aryl methyl sites for hydroxylation is 1. The highest BCUT2D eigenvalue weighted by Gasteiger charge is 2.25. The molecular formula is C19H23ClN2O5S. The molecule has 9 heteroatoms. The van der Waals surface area contributed by atoms with E-state index in [2.05, 4.69) is 5.32 Å². The van der Waals surface area contributed by atoms with Crippen molar-refractivity contribution in [1.29, 1.82) is 0 Å². The predicted molar refractivity (Wildman–Crippen MR) is 111 cm³/mol. The summed E-state index contributed by atoms with van der Waals surface area (Å²) in [5.74, 6) is -0.0244. The lowest BCUT2D eigenvalue weighted by atomic mass is 10.1. The van der Waals surface area contributed by atoms with Crippen LogP contribution < -0.4 is 19.1 Å². The first-order chi connectivity index (χ1) is 13.2. The topological polar surface area (TPSA) is 84.9 Å². The van der Waals surface area contributed by atoms with Crippen LogP contribution in [0.4, 0.5) is 11.4 Å². The summed E-state index contributed by atoms with van der Waals surface area (Å²) < 4.78 is 36.1. The number of ether oxygens (including phenoxy) is 2. The molecule has 2 aromatic carbocycles. The van der Waals surface area contributed by atoms with Crippen LogP contribution in [0.15, 0.2) is 36.4 Å². The van der Waals surface area contributed by atoms with Crippen LogP contribution in [-0.2, 0) is 21.2 Å². The average Bonchev–Trinajstić information content (AvgIpc) is 2.65. The first kappa shape index (κ1) is 21.8. The summed E-state index contributed by atoms with van der Waals surface area (Å²) in [4.78, 5) is 12.5. The van der Waals surface area contributed by atoms with Crippen molar-refractivity contribution in [3.8, 4) is 11.5 Å². The van der Waals surface area contributed by atoms with Gasteiger partial charge in [0, 0.05) is 17.8 Å². The fraction of sp³-hybridized carbons (Fsp3) is 0.316. The van der Waals surface area contributed by atoms with Gasteiger partial charge < -0.3 is 14.8 Å². The SMILES string of the molecule is CCc1ccc(NC(=O)CN(c2cc(OC)c(Cl)cc2OC)S(C)(=O)=O)cc1. The largest absolute Gasteiger partial charge is 0.495 e. The summed E-state index contributed by atoms with van der Waals surface area (Å²) in [6, 6.07) is 10.2. The molecule has 0 fully saturated rings. The van der Waals surface area contributed by atoms with Gasteiger partial charge in [-0.05, 0) is 24.1 Å². The molecule has 0 saturated heterocycles. The number of benzene rings is 2. The summed E-state index contributed by atoms with van der Waals surface area (Å²) in [6.45, 7) is 1.60. The summed E-state index contributed by atoms with van der Waals surface area (Å²) in [5, 5.41) is 2.96. The molecule has 0 aromatic heterocycles. The van der Waals surface area contributed by atoms with E-state index < -0.39 is 22.5 Å². The first-order valence-electron chi connectivity index (χ1n) is 8.47. The van der Waals surface area contributed by atoms with Crippen molar-refractivity contribution in [2.75, 3.05) is 36.6 Å². The number of sulfonamides is 1. The second-order valence-electron chi connectivity index (χ2n) is 6.03. The molecule has 0 saturated carbocycles. The Morgan fingerprint density at radius 1 is 1.11 bits per heavy atom. The van der Waals surface area contributed by atoms with Gasteiger partial charge in [0.05, 0.1) is 31.2 Å². The third-order valence-electron chi connectivity index (χ3n) is 4.06. The van der Waals surface area contributed by atoms with Crippen LogP contribution in [-0.4, -0.2) is 41.3 Å². The number of hydrogen-bond donors (Lipinski definition) is 1. The van der Waals surface area contributed by atoms with E-state index in [1.807, 2.05) is 19.1 Å². The predicted octanol–water partition coefficient (Wildman–Crippen LogP) is 3.32. The lowest BCUT2D eigenvalue weighted by Crippen LogP contribution is -2.37. The van der Waals surface area contributed by atoms with E-state index in [0.717, 1.165) is 22.5 Å². The van der Waals surface area contributed by atoms with Crippen LogP contribution in [0.5, 0.6) is 11.5 Å². The van der Waals surface area contributed by atoms with Crippen LogP contribution in [0.3, 0.4) is 0 Å². The number of nitrogens with one attached hydrogen (secondary N) is 1. The molecule has 0 aliphatic heterocycles. The molecule has 0 aliphatic rings. The lowest BCUT2D eigenvalue weighted by molar-refractivity contribution is -0.114. The Balaban J connectivity index is 2.33. The fourth-order valence-corrected chi connectivity index (χ4v) is 3.66. The molecule has 0 bridgehead atoms. The maximum Gasteiger partial charge on any atom is 0.245 e. The number of methoxy groups -OCH3 is 2. The van der Waals surface area contributed by atoms with Gasteiger partial charge in [0.1, 0.15) is 18.0 Å². The number of nitrogens with zero attached hydrogens (tertiary/aromatic N) is 1. The zero-order valence-electron chi connectivity index (χ0n) is 16.2. The normalized spacial score (nSPS) is 11.0. The van der Waals surface area contributed by atoms with E-state index >= 15 is 0 Å². The number of anilines is 2. The summed E-state index contributed by atoms with van der Waals surface area (Å²) in [7, 11) is -0.995. The molecule has 7 nitrogen and oxygen atoms in total. The van der Waals surface area contributed by atoms with Crippen molar-refractivity contribution in [3.63, 3.8) is 0 Å². The zero-order valence-corrected chi connectivity index (χ0v) is 17.7.